The van der Waals surface area contributed by atoms with Crippen LogP contribution in [0.25, 0.3) is 0 Å². The van der Waals surface area contributed by atoms with Crippen molar-refractivity contribution in [2.75, 3.05) is 19.7 Å². The van der Waals surface area contributed by atoms with Crippen LogP contribution >= 0.6 is 0 Å². The van der Waals surface area contributed by atoms with Gasteiger partial charge in [0.1, 0.15) is 11.5 Å². The molecule has 5 nitrogen and oxygen atoms in total. The van der Waals surface area contributed by atoms with E-state index in [4.69, 9.17) is 9.15 Å². The van der Waals surface area contributed by atoms with Gasteiger partial charge in [-0.15, -0.1) is 0 Å². The number of hydrogen-bond donors (Lipinski definition) is 0. The molecule has 4 rings (SSSR count). The average molecular weight is 301 g/mol. The van der Waals surface area contributed by atoms with Gasteiger partial charge in [-0.2, -0.15) is 0 Å². The average Bonchev–Trinajstić information content (AvgIpc) is 3.21. The van der Waals surface area contributed by atoms with Crippen LogP contribution in [0.4, 0.5) is 0 Å². The molecule has 2 saturated heterocycles. The van der Waals surface area contributed by atoms with Gasteiger partial charge >= 0.3 is 0 Å². The topological polar surface area (TPSA) is 43.4 Å². The van der Waals surface area contributed by atoms with E-state index < -0.39 is 0 Å². The van der Waals surface area contributed by atoms with Crippen LogP contribution < -0.4 is 0 Å². The predicted molar refractivity (Wildman–Crippen MR) is 82.5 cm³/mol. The molecule has 0 aliphatic carbocycles. The number of furan rings is 1. The molecule has 2 fully saturated rings. The quantitative estimate of drug-likeness (QED) is 0.874. The van der Waals surface area contributed by atoms with Gasteiger partial charge in [0.15, 0.2) is 0 Å². The third kappa shape index (κ3) is 2.71. The summed E-state index contributed by atoms with van der Waals surface area (Å²) in [6, 6.07) is 4.55. The number of imidazole rings is 1. The third-order valence-corrected chi connectivity index (χ3v) is 4.93. The monoisotopic (exact) mass is 301 g/mol. The lowest BCUT2D eigenvalue weighted by atomic mass is 9.88. The summed E-state index contributed by atoms with van der Waals surface area (Å²) in [5, 5.41) is 0. The smallest absolute Gasteiger partial charge is 0.118 e. The van der Waals surface area contributed by atoms with E-state index in [1.807, 2.05) is 31.7 Å². The van der Waals surface area contributed by atoms with Crippen molar-refractivity contribution < 1.29 is 9.15 Å². The lowest BCUT2D eigenvalue weighted by Gasteiger charge is -2.39. The van der Waals surface area contributed by atoms with E-state index in [2.05, 4.69) is 20.5 Å². The number of likely N-dealkylation sites (tertiary alicyclic amines) is 1. The number of ether oxygens (including phenoxy) is 1. The van der Waals surface area contributed by atoms with Gasteiger partial charge in [-0.25, -0.2) is 4.98 Å². The van der Waals surface area contributed by atoms with E-state index in [-0.39, 0.29) is 5.60 Å². The van der Waals surface area contributed by atoms with Crippen molar-refractivity contribution in [1.82, 2.24) is 14.5 Å². The zero-order chi connectivity index (χ0) is 15.0. The Balaban J connectivity index is 1.42. The highest BCUT2D eigenvalue weighted by atomic mass is 16.5. The molecule has 0 radical (unpaired) electrons. The summed E-state index contributed by atoms with van der Waals surface area (Å²) in [4.78, 5) is 6.63. The zero-order valence-corrected chi connectivity index (χ0v) is 13.1. The first-order valence-corrected chi connectivity index (χ1v) is 8.12. The molecular formula is C17H23N3O2. The van der Waals surface area contributed by atoms with E-state index in [0.29, 0.717) is 6.04 Å². The molecule has 0 unspecified atom stereocenters. The largest absolute Gasteiger partial charge is 0.465 e. The van der Waals surface area contributed by atoms with Gasteiger partial charge in [0.2, 0.25) is 0 Å². The number of aromatic nitrogens is 2. The Morgan fingerprint density at radius 3 is 3.14 bits per heavy atom. The van der Waals surface area contributed by atoms with Crippen LogP contribution in [-0.2, 0) is 11.3 Å². The van der Waals surface area contributed by atoms with E-state index >= 15 is 0 Å². The Bertz CT molecular complexity index is 622. The Kier molecular flexibility index (Phi) is 3.54. The van der Waals surface area contributed by atoms with Crippen molar-refractivity contribution in [3.05, 3.63) is 42.4 Å². The first kappa shape index (κ1) is 14.0. The van der Waals surface area contributed by atoms with E-state index in [0.717, 1.165) is 50.6 Å². The first-order valence-electron chi connectivity index (χ1n) is 8.12. The molecule has 2 aliphatic rings. The Morgan fingerprint density at radius 2 is 2.36 bits per heavy atom. The Morgan fingerprint density at radius 1 is 1.41 bits per heavy atom. The van der Waals surface area contributed by atoms with Gasteiger partial charge in [0.05, 0.1) is 31.1 Å². The van der Waals surface area contributed by atoms with Crippen molar-refractivity contribution >= 4 is 0 Å². The van der Waals surface area contributed by atoms with Gasteiger partial charge in [-0.3, -0.25) is 4.90 Å². The molecule has 22 heavy (non-hydrogen) atoms. The molecule has 4 heterocycles. The minimum atomic E-state index is 0.00875. The minimum absolute atomic E-state index is 0.00875. The van der Waals surface area contributed by atoms with Crippen LogP contribution in [0.15, 0.2) is 35.3 Å². The second-order valence-corrected chi connectivity index (χ2v) is 6.69. The molecule has 0 N–H and O–H groups in total. The number of nitrogens with zero attached hydrogens (tertiary/aromatic N) is 3. The fourth-order valence-electron chi connectivity index (χ4n) is 3.90. The molecule has 2 aliphatic heterocycles. The summed E-state index contributed by atoms with van der Waals surface area (Å²) in [6.45, 7) is 5.80. The highest BCUT2D eigenvalue weighted by Crippen LogP contribution is 2.39. The van der Waals surface area contributed by atoms with Crippen LogP contribution in [0, 0.1) is 6.92 Å². The highest BCUT2D eigenvalue weighted by molar-refractivity contribution is 5.06. The van der Waals surface area contributed by atoms with Crippen molar-refractivity contribution in [2.45, 2.75) is 44.4 Å². The van der Waals surface area contributed by atoms with E-state index in [1.165, 1.54) is 6.42 Å². The highest BCUT2D eigenvalue weighted by Gasteiger charge is 2.43. The van der Waals surface area contributed by atoms with Gasteiger partial charge in [-0.1, -0.05) is 0 Å². The SMILES string of the molecule is Cc1ccc(CN2CCC[C@@]3(C[C@H](n4ccnc4)CO3)C2)o1. The maximum atomic E-state index is 6.27. The number of rotatable bonds is 3. The molecule has 0 saturated carbocycles. The molecule has 0 aromatic carbocycles. The number of aryl methyl sites for hydroxylation is 1. The lowest BCUT2D eigenvalue weighted by Crippen LogP contribution is -2.47. The summed E-state index contributed by atoms with van der Waals surface area (Å²) < 4.78 is 14.2. The number of piperidine rings is 1. The fourth-order valence-corrected chi connectivity index (χ4v) is 3.90. The van der Waals surface area contributed by atoms with Crippen molar-refractivity contribution in [3.8, 4) is 0 Å². The molecular weight excluding hydrogens is 278 g/mol. The van der Waals surface area contributed by atoms with Crippen LogP contribution in [0.3, 0.4) is 0 Å². The van der Waals surface area contributed by atoms with Crippen molar-refractivity contribution in [3.63, 3.8) is 0 Å². The Hall–Kier alpha value is -1.59. The first-order chi connectivity index (χ1) is 10.7. The minimum Gasteiger partial charge on any atom is -0.465 e. The zero-order valence-electron chi connectivity index (χ0n) is 13.1. The van der Waals surface area contributed by atoms with Crippen LogP contribution in [0.5, 0.6) is 0 Å². The van der Waals surface area contributed by atoms with Crippen molar-refractivity contribution in [2.24, 2.45) is 0 Å². The van der Waals surface area contributed by atoms with E-state index in [9.17, 15) is 0 Å². The molecule has 0 bridgehead atoms. The molecule has 1 spiro atoms. The van der Waals surface area contributed by atoms with Gasteiger partial charge in [-0.05, 0) is 38.4 Å². The second-order valence-electron chi connectivity index (χ2n) is 6.69. The van der Waals surface area contributed by atoms with Gasteiger partial charge in [0.25, 0.3) is 0 Å². The summed E-state index contributed by atoms with van der Waals surface area (Å²) in [6.07, 6.45) is 9.22. The Labute approximate surface area is 130 Å². The summed E-state index contributed by atoms with van der Waals surface area (Å²) in [5.74, 6) is 2.04. The lowest BCUT2D eigenvalue weighted by molar-refractivity contribution is -0.0546. The second kappa shape index (κ2) is 5.56. The predicted octanol–water partition coefficient (Wildman–Crippen LogP) is 2.78. The third-order valence-electron chi connectivity index (χ3n) is 4.93. The van der Waals surface area contributed by atoms with E-state index in [1.54, 1.807) is 0 Å². The molecule has 2 atom stereocenters. The summed E-state index contributed by atoms with van der Waals surface area (Å²) in [5.41, 5.74) is 0.00875. The maximum Gasteiger partial charge on any atom is 0.118 e. The fraction of sp³-hybridized carbons (Fsp3) is 0.588. The normalized spacial score (nSPS) is 29.4. The van der Waals surface area contributed by atoms with Crippen molar-refractivity contribution in [1.29, 1.82) is 0 Å². The molecule has 5 heteroatoms. The summed E-state index contributed by atoms with van der Waals surface area (Å²) >= 11 is 0. The maximum absolute atomic E-state index is 6.27. The molecule has 2 aromatic rings. The van der Waals surface area contributed by atoms with Gasteiger partial charge < -0.3 is 13.7 Å². The van der Waals surface area contributed by atoms with Crippen LogP contribution in [0.1, 0.15) is 36.8 Å². The molecule has 0 amide bonds. The molecule has 2 aromatic heterocycles. The van der Waals surface area contributed by atoms with Gasteiger partial charge in [0, 0.05) is 25.4 Å². The number of hydrogen-bond acceptors (Lipinski definition) is 4. The van der Waals surface area contributed by atoms with Crippen LogP contribution in [0.2, 0.25) is 0 Å². The summed E-state index contributed by atoms with van der Waals surface area (Å²) in [7, 11) is 0. The molecule has 118 valence electrons. The standard InChI is InChI=1S/C17H23N3O2/c1-14-3-4-16(22-14)10-19-7-2-5-17(12-19)9-15(11-21-17)20-8-6-18-13-20/h3-4,6,8,13,15H,2,5,7,9-12H2,1H3/t15-,17+/m0/s1. The van der Waals surface area contributed by atoms with Crippen LogP contribution in [-0.4, -0.2) is 39.7 Å².